The molecule has 108 valence electrons. The number of nitrogens with two attached hydrogens (primary N) is 1. The van der Waals surface area contributed by atoms with Gasteiger partial charge in [-0.15, -0.1) is 0 Å². The van der Waals surface area contributed by atoms with Gasteiger partial charge in [0.05, 0.1) is 6.61 Å². The predicted octanol–water partition coefficient (Wildman–Crippen LogP) is -1.01. The molecule has 1 aliphatic rings. The van der Waals surface area contributed by atoms with Crippen molar-refractivity contribution in [3.05, 3.63) is 0 Å². The second kappa shape index (κ2) is 7.57. The lowest BCUT2D eigenvalue weighted by Gasteiger charge is -2.20. The second-order valence-corrected chi connectivity index (χ2v) is 4.47. The van der Waals surface area contributed by atoms with Crippen LogP contribution in [0.25, 0.3) is 0 Å². The molecular weight excluding hydrogens is 254 g/mol. The van der Waals surface area contributed by atoms with Gasteiger partial charge in [0, 0.05) is 13.1 Å². The molecule has 3 amide bonds. The van der Waals surface area contributed by atoms with Gasteiger partial charge in [-0.05, 0) is 18.8 Å². The lowest BCUT2D eigenvalue weighted by molar-refractivity contribution is -0.137. The minimum Gasteiger partial charge on any atom is -0.480 e. The number of hydrogen-bond acceptors (Lipinski definition) is 4. The Morgan fingerprint density at radius 2 is 2.05 bits per heavy atom. The number of nitrogens with zero attached hydrogens (tertiary/aromatic N) is 1. The van der Waals surface area contributed by atoms with Crippen LogP contribution < -0.4 is 11.1 Å². The average molecular weight is 273 g/mol. The maximum atomic E-state index is 11.7. The van der Waals surface area contributed by atoms with Crippen molar-refractivity contribution < 1.29 is 24.2 Å². The maximum absolute atomic E-state index is 11.7. The Balaban J connectivity index is 2.22. The van der Waals surface area contributed by atoms with E-state index in [1.807, 2.05) is 0 Å². The monoisotopic (exact) mass is 273 g/mol. The van der Waals surface area contributed by atoms with Crippen LogP contribution in [0.5, 0.6) is 0 Å². The molecule has 0 bridgehead atoms. The largest absolute Gasteiger partial charge is 0.480 e. The fraction of sp³-hybridized carbons (Fsp3) is 0.727. The molecule has 1 saturated carbocycles. The highest BCUT2D eigenvalue weighted by molar-refractivity contribution is 5.80. The zero-order chi connectivity index (χ0) is 14.3. The zero-order valence-corrected chi connectivity index (χ0v) is 10.6. The Bertz CT molecular complexity index is 343. The van der Waals surface area contributed by atoms with Crippen LogP contribution in [0.3, 0.4) is 0 Å². The molecule has 0 saturated heterocycles. The van der Waals surface area contributed by atoms with Crippen molar-refractivity contribution in [3.63, 3.8) is 0 Å². The molecule has 1 rings (SSSR count). The molecule has 8 nitrogen and oxygen atoms in total. The molecule has 0 atom stereocenters. The van der Waals surface area contributed by atoms with E-state index in [0.717, 1.165) is 12.8 Å². The summed E-state index contributed by atoms with van der Waals surface area (Å²) in [6.07, 6.45) is 2.07. The second-order valence-electron chi connectivity index (χ2n) is 4.47. The summed E-state index contributed by atoms with van der Waals surface area (Å²) in [4.78, 5) is 34.1. The summed E-state index contributed by atoms with van der Waals surface area (Å²) in [5.74, 6) is -1.20. The Morgan fingerprint density at radius 3 is 2.58 bits per heavy atom. The van der Waals surface area contributed by atoms with Crippen molar-refractivity contribution >= 4 is 17.9 Å². The minimum atomic E-state index is -1.04. The number of hydrogen-bond donors (Lipinski definition) is 3. The number of aliphatic carboxylic acids is 1. The topological polar surface area (TPSA) is 122 Å². The Hall–Kier alpha value is -1.83. The molecule has 4 N–H and O–H groups in total. The van der Waals surface area contributed by atoms with Crippen LogP contribution in [0.15, 0.2) is 0 Å². The van der Waals surface area contributed by atoms with Crippen LogP contribution in [0.2, 0.25) is 0 Å². The molecule has 0 unspecified atom stereocenters. The summed E-state index contributed by atoms with van der Waals surface area (Å²) in [5.41, 5.74) is 4.87. The number of rotatable bonds is 9. The number of amides is 3. The predicted molar refractivity (Wildman–Crippen MR) is 65.3 cm³/mol. The number of ether oxygens (including phenoxy) is 1. The van der Waals surface area contributed by atoms with Gasteiger partial charge in [-0.3, -0.25) is 9.59 Å². The first kappa shape index (κ1) is 15.2. The van der Waals surface area contributed by atoms with E-state index in [-0.39, 0.29) is 26.3 Å². The normalized spacial score (nSPS) is 13.9. The first-order chi connectivity index (χ1) is 8.99. The summed E-state index contributed by atoms with van der Waals surface area (Å²) in [6, 6.07) is -0.433. The summed E-state index contributed by atoms with van der Waals surface area (Å²) in [7, 11) is 0. The van der Waals surface area contributed by atoms with Crippen LogP contribution in [0.4, 0.5) is 4.79 Å². The average Bonchev–Trinajstić information content (AvgIpc) is 3.10. The first-order valence-electron chi connectivity index (χ1n) is 6.09. The highest BCUT2D eigenvalue weighted by Crippen LogP contribution is 2.29. The van der Waals surface area contributed by atoms with Crippen LogP contribution >= 0.6 is 0 Å². The number of nitrogens with one attached hydrogen (secondary N) is 1. The summed E-state index contributed by atoms with van der Waals surface area (Å²) >= 11 is 0. The number of urea groups is 1. The van der Waals surface area contributed by atoms with Crippen LogP contribution in [0, 0.1) is 5.92 Å². The van der Waals surface area contributed by atoms with Crippen molar-refractivity contribution in [1.29, 1.82) is 0 Å². The third kappa shape index (κ3) is 7.24. The molecule has 0 aromatic rings. The van der Waals surface area contributed by atoms with Crippen molar-refractivity contribution in [2.45, 2.75) is 12.8 Å². The molecule has 0 radical (unpaired) electrons. The van der Waals surface area contributed by atoms with E-state index < -0.39 is 17.9 Å². The zero-order valence-electron chi connectivity index (χ0n) is 10.6. The van der Waals surface area contributed by atoms with Crippen LogP contribution in [-0.4, -0.2) is 60.8 Å². The van der Waals surface area contributed by atoms with E-state index in [1.165, 1.54) is 4.90 Å². The van der Waals surface area contributed by atoms with E-state index in [1.54, 1.807) is 0 Å². The van der Waals surface area contributed by atoms with Crippen molar-refractivity contribution in [1.82, 2.24) is 10.2 Å². The maximum Gasteiger partial charge on any atom is 0.323 e. The highest BCUT2D eigenvalue weighted by Gasteiger charge is 2.27. The van der Waals surface area contributed by atoms with Crippen molar-refractivity contribution in [3.8, 4) is 0 Å². The Morgan fingerprint density at radius 1 is 1.37 bits per heavy atom. The molecule has 1 fully saturated rings. The van der Waals surface area contributed by atoms with Gasteiger partial charge in [0.1, 0.15) is 13.2 Å². The van der Waals surface area contributed by atoms with E-state index in [2.05, 4.69) is 5.32 Å². The quantitative estimate of drug-likeness (QED) is 0.465. The van der Waals surface area contributed by atoms with Crippen molar-refractivity contribution in [2.24, 2.45) is 11.7 Å². The number of primary amides is 1. The smallest absolute Gasteiger partial charge is 0.323 e. The summed E-state index contributed by atoms with van der Waals surface area (Å²) < 4.78 is 4.88. The standard InChI is InChI=1S/C11H19N3O5/c12-9(15)7-19-4-3-13-11(18)14(6-10(16)17)5-8-1-2-8/h8H,1-7H2,(H2,12,15)(H,13,18)(H,16,17). The van der Waals surface area contributed by atoms with Gasteiger partial charge < -0.3 is 25.8 Å². The number of carbonyl (C=O) groups excluding carboxylic acids is 2. The summed E-state index contributed by atoms with van der Waals surface area (Å²) in [6.45, 7) is 0.299. The Labute approximate surface area is 110 Å². The molecule has 19 heavy (non-hydrogen) atoms. The van der Waals surface area contributed by atoms with E-state index in [9.17, 15) is 14.4 Å². The minimum absolute atomic E-state index is 0.152. The van der Waals surface area contributed by atoms with Gasteiger partial charge in [0.2, 0.25) is 5.91 Å². The molecule has 0 aliphatic heterocycles. The van der Waals surface area contributed by atoms with Crippen LogP contribution in [-0.2, 0) is 14.3 Å². The van der Waals surface area contributed by atoms with Gasteiger partial charge in [-0.25, -0.2) is 4.79 Å². The van der Waals surface area contributed by atoms with Crippen molar-refractivity contribution in [2.75, 3.05) is 32.8 Å². The van der Waals surface area contributed by atoms with Gasteiger partial charge in [-0.1, -0.05) is 0 Å². The van der Waals surface area contributed by atoms with Gasteiger partial charge >= 0.3 is 12.0 Å². The highest BCUT2D eigenvalue weighted by atomic mass is 16.5. The third-order valence-electron chi connectivity index (χ3n) is 2.56. The van der Waals surface area contributed by atoms with E-state index in [0.29, 0.717) is 12.5 Å². The molecule has 1 aliphatic carbocycles. The van der Waals surface area contributed by atoms with Gasteiger partial charge in [0.25, 0.3) is 0 Å². The molecule has 0 spiro atoms. The molecule has 0 aromatic carbocycles. The van der Waals surface area contributed by atoms with E-state index in [4.69, 9.17) is 15.6 Å². The molecular formula is C11H19N3O5. The number of carboxylic acids is 1. The molecule has 0 heterocycles. The van der Waals surface area contributed by atoms with E-state index >= 15 is 0 Å². The number of carbonyl (C=O) groups is 3. The van der Waals surface area contributed by atoms with Crippen LogP contribution in [0.1, 0.15) is 12.8 Å². The first-order valence-corrected chi connectivity index (χ1v) is 6.09. The SMILES string of the molecule is NC(=O)COCCNC(=O)N(CC(=O)O)CC1CC1. The fourth-order valence-electron chi connectivity index (χ4n) is 1.51. The van der Waals surface area contributed by atoms with Gasteiger partial charge in [0.15, 0.2) is 0 Å². The van der Waals surface area contributed by atoms with Gasteiger partial charge in [-0.2, -0.15) is 0 Å². The fourth-order valence-corrected chi connectivity index (χ4v) is 1.51. The lowest BCUT2D eigenvalue weighted by Crippen LogP contribution is -2.44. The molecule has 0 aromatic heterocycles. The summed E-state index contributed by atoms with van der Waals surface area (Å²) in [5, 5.41) is 11.3. The third-order valence-corrected chi connectivity index (χ3v) is 2.56. The lowest BCUT2D eigenvalue weighted by atomic mass is 10.3. The molecule has 8 heteroatoms. The number of carboxylic acid groups (broad SMARTS) is 1. The Kier molecular flexibility index (Phi) is 6.07.